The van der Waals surface area contributed by atoms with Crippen molar-refractivity contribution >= 4 is 14.2 Å². The highest BCUT2D eigenvalue weighted by Gasteiger charge is 2.29. The summed E-state index contributed by atoms with van der Waals surface area (Å²) in [5.74, 6) is -0.0233. The van der Waals surface area contributed by atoms with Crippen LogP contribution in [0, 0.1) is 0 Å². The molecule has 0 aromatic heterocycles. The Morgan fingerprint density at radius 3 is 2.60 bits per heavy atom. The lowest BCUT2D eigenvalue weighted by Gasteiger charge is -2.37. The smallest absolute Gasteiger partial charge is 0.307 e. The minimum Gasteiger partial charge on any atom is -0.466 e. The van der Waals surface area contributed by atoms with Gasteiger partial charge in [-0.05, 0) is 26.3 Å². The Labute approximate surface area is 93.9 Å². The van der Waals surface area contributed by atoms with E-state index in [4.69, 9.17) is 4.74 Å². The van der Waals surface area contributed by atoms with E-state index in [0.29, 0.717) is 19.1 Å². The number of carbonyl (C=O) groups is 1. The molecule has 0 amide bonds. The molecule has 88 valence electrons. The molecule has 1 aliphatic heterocycles. The molecule has 0 aromatic rings. The van der Waals surface area contributed by atoms with Gasteiger partial charge in [-0.15, -0.1) is 0 Å². The van der Waals surface area contributed by atoms with E-state index in [1.807, 2.05) is 0 Å². The molecule has 3 nitrogen and oxygen atoms in total. The van der Waals surface area contributed by atoms with Crippen molar-refractivity contribution in [2.45, 2.75) is 51.4 Å². The maximum atomic E-state index is 11.4. The summed E-state index contributed by atoms with van der Waals surface area (Å²) in [6.45, 7) is 7.56. The number of esters is 1. The van der Waals surface area contributed by atoms with E-state index in [0.717, 1.165) is 12.8 Å². The monoisotopic (exact) mass is 229 g/mol. The van der Waals surface area contributed by atoms with E-state index in [9.17, 15) is 4.79 Å². The first-order valence-electron chi connectivity index (χ1n) is 5.80. The van der Waals surface area contributed by atoms with Crippen LogP contribution in [0.4, 0.5) is 0 Å². The van der Waals surface area contributed by atoms with Gasteiger partial charge in [0.2, 0.25) is 0 Å². The summed E-state index contributed by atoms with van der Waals surface area (Å²) in [5, 5.41) is 0. The molecule has 1 heterocycles. The summed E-state index contributed by atoms with van der Waals surface area (Å²) in [5.41, 5.74) is 0. The molecule has 4 heteroatoms. The van der Waals surface area contributed by atoms with Crippen LogP contribution in [0.1, 0.15) is 25.7 Å². The lowest BCUT2D eigenvalue weighted by molar-refractivity contribution is -0.145. The zero-order valence-corrected chi connectivity index (χ0v) is 11.4. The van der Waals surface area contributed by atoms with Crippen molar-refractivity contribution in [3.8, 4) is 0 Å². The minimum absolute atomic E-state index is 0.0233. The van der Waals surface area contributed by atoms with Gasteiger partial charge < -0.3 is 9.30 Å². The zero-order valence-electron chi connectivity index (χ0n) is 10.4. The van der Waals surface area contributed by atoms with Gasteiger partial charge >= 0.3 is 5.97 Å². The molecule has 0 aliphatic carbocycles. The standard InChI is InChI=1S/C11H23NO2Si/c1-12(15(2,3)4)10-7-5-6-8-14-11(13)9-10/h10H,5-9H2,1-4H3. The van der Waals surface area contributed by atoms with Crippen molar-refractivity contribution < 1.29 is 9.53 Å². The van der Waals surface area contributed by atoms with Crippen molar-refractivity contribution in [3.63, 3.8) is 0 Å². The highest BCUT2D eigenvalue weighted by atomic mass is 28.3. The van der Waals surface area contributed by atoms with E-state index in [1.165, 1.54) is 6.42 Å². The van der Waals surface area contributed by atoms with Crippen LogP contribution in [-0.2, 0) is 9.53 Å². The summed E-state index contributed by atoms with van der Waals surface area (Å²) in [4.78, 5) is 11.4. The molecule has 0 saturated carbocycles. The second-order valence-corrected chi connectivity index (χ2v) is 10.4. The van der Waals surface area contributed by atoms with Crippen LogP contribution in [0.5, 0.6) is 0 Å². The first-order valence-corrected chi connectivity index (χ1v) is 9.24. The maximum Gasteiger partial charge on any atom is 0.307 e. The normalized spacial score (nSPS) is 24.6. The lowest BCUT2D eigenvalue weighted by atomic mass is 10.1. The van der Waals surface area contributed by atoms with Crippen LogP contribution in [0.3, 0.4) is 0 Å². The first-order chi connectivity index (χ1) is 6.91. The third-order valence-electron chi connectivity index (χ3n) is 3.20. The van der Waals surface area contributed by atoms with Gasteiger partial charge in [0, 0.05) is 6.04 Å². The summed E-state index contributed by atoms with van der Waals surface area (Å²) in [7, 11) is 0.868. The number of hydrogen-bond acceptors (Lipinski definition) is 3. The van der Waals surface area contributed by atoms with Gasteiger partial charge in [-0.25, -0.2) is 0 Å². The molecule has 0 aromatic carbocycles. The third-order valence-corrected chi connectivity index (χ3v) is 5.68. The molecule has 0 spiro atoms. The highest BCUT2D eigenvalue weighted by molar-refractivity contribution is 6.73. The van der Waals surface area contributed by atoms with Gasteiger partial charge in [0.1, 0.15) is 8.24 Å². The average molecular weight is 229 g/mol. The van der Waals surface area contributed by atoms with Crippen LogP contribution in [0.2, 0.25) is 19.6 Å². The molecule has 1 rings (SSSR count). The number of ether oxygens (including phenoxy) is 1. The van der Waals surface area contributed by atoms with Crippen LogP contribution >= 0.6 is 0 Å². The van der Waals surface area contributed by atoms with E-state index < -0.39 is 8.24 Å². The number of cyclic esters (lactones) is 1. The minimum atomic E-state index is -1.29. The molecule has 0 N–H and O–H groups in total. The predicted molar refractivity (Wildman–Crippen MR) is 64.3 cm³/mol. The zero-order chi connectivity index (χ0) is 11.5. The topological polar surface area (TPSA) is 29.5 Å². The van der Waals surface area contributed by atoms with E-state index >= 15 is 0 Å². The van der Waals surface area contributed by atoms with Crippen LogP contribution in [-0.4, -0.2) is 38.5 Å². The van der Waals surface area contributed by atoms with Gasteiger partial charge in [0.05, 0.1) is 13.0 Å². The van der Waals surface area contributed by atoms with Crippen molar-refractivity contribution in [3.05, 3.63) is 0 Å². The van der Waals surface area contributed by atoms with Crippen LogP contribution in [0.25, 0.3) is 0 Å². The Hall–Kier alpha value is -0.353. The lowest BCUT2D eigenvalue weighted by Crippen LogP contribution is -2.50. The van der Waals surface area contributed by atoms with Crippen molar-refractivity contribution in [1.82, 2.24) is 4.57 Å². The molecule has 1 fully saturated rings. The molecular weight excluding hydrogens is 206 g/mol. The van der Waals surface area contributed by atoms with Gasteiger partial charge in [-0.1, -0.05) is 19.6 Å². The number of rotatable bonds is 2. The first kappa shape index (κ1) is 12.7. The predicted octanol–water partition coefficient (Wildman–Crippen LogP) is 2.24. The largest absolute Gasteiger partial charge is 0.466 e. The summed E-state index contributed by atoms with van der Waals surface area (Å²) in [6.07, 6.45) is 3.89. The second-order valence-electron chi connectivity index (χ2n) is 5.36. The molecule has 1 atom stereocenters. The molecule has 0 radical (unpaired) electrons. The summed E-state index contributed by atoms with van der Waals surface area (Å²) < 4.78 is 7.56. The van der Waals surface area contributed by atoms with Gasteiger partial charge in [-0.2, -0.15) is 0 Å². The van der Waals surface area contributed by atoms with Crippen LogP contribution < -0.4 is 0 Å². The van der Waals surface area contributed by atoms with Crippen LogP contribution in [0.15, 0.2) is 0 Å². The number of carbonyl (C=O) groups excluding carboxylic acids is 1. The second kappa shape index (κ2) is 5.12. The Morgan fingerprint density at radius 2 is 2.00 bits per heavy atom. The average Bonchev–Trinajstić information content (AvgIpc) is 2.08. The molecule has 1 aliphatic rings. The Balaban J connectivity index is 2.61. The number of hydrogen-bond donors (Lipinski definition) is 0. The Kier molecular flexibility index (Phi) is 4.34. The fraction of sp³-hybridized carbons (Fsp3) is 0.909. The molecule has 0 bridgehead atoms. The highest BCUT2D eigenvalue weighted by Crippen LogP contribution is 2.20. The Morgan fingerprint density at radius 1 is 1.33 bits per heavy atom. The van der Waals surface area contributed by atoms with Crippen molar-refractivity contribution in [1.29, 1.82) is 0 Å². The molecule has 15 heavy (non-hydrogen) atoms. The van der Waals surface area contributed by atoms with Crippen molar-refractivity contribution in [2.24, 2.45) is 0 Å². The van der Waals surface area contributed by atoms with Gasteiger partial charge in [0.25, 0.3) is 0 Å². The SMILES string of the molecule is CN(C1CCCCOC(=O)C1)[Si](C)(C)C. The van der Waals surface area contributed by atoms with Gasteiger partial charge in [-0.3, -0.25) is 4.79 Å². The molecule has 1 unspecified atom stereocenters. The van der Waals surface area contributed by atoms with E-state index in [2.05, 4.69) is 31.3 Å². The maximum absolute atomic E-state index is 11.4. The van der Waals surface area contributed by atoms with E-state index in [1.54, 1.807) is 0 Å². The molecule has 1 saturated heterocycles. The Bertz CT molecular complexity index is 225. The quantitative estimate of drug-likeness (QED) is 0.537. The summed E-state index contributed by atoms with van der Waals surface area (Å²) in [6, 6.07) is 0.393. The molecular formula is C11H23NO2Si. The fourth-order valence-corrected chi connectivity index (χ4v) is 3.22. The fourth-order valence-electron chi connectivity index (χ4n) is 1.90. The van der Waals surface area contributed by atoms with E-state index in [-0.39, 0.29) is 5.97 Å². The van der Waals surface area contributed by atoms with Crippen molar-refractivity contribution in [2.75, 3.05) is 13.7 Å². The third kappa shape index (κ3) is 3.95. The van der Waals surface area contributed by atoms with Gasteiger partial charge in [0.15, 0.2) is 0 Å². The summed E-state index contributed by atoms with van der Waals surface area (Å²) >= 11 is 0. The number of nitrogens with zero attached hydrogens (tertiary/aromatic N) is 1.